The van der Waals surface area contributed by atoms with Crippen molar-refractivity contribution in [3.63, 3.8) is 0 Å². The second kappa shape index (κ2) is 10.1. The standard InChI is InChI=1S/C25H21N3OS2/c29-24(26-22-11-10-18-6-4-5-7-19(18)16-22)17-31-23-14-12-21(13-15-23)28-25(30)27-20-8-2-1-3-9-20/h1-16H,17H2,(H,26,29)(H2,27,28,30). The number of amides is 1. The number of nitrogens with one attached hydrogen (secondary N) is 3. The van der Waals surface area contributed by atoms with Crippen LogP contribution in [0.2, 0.25) is 0 Å². The summed E-state index contributed by atoms with van der Waals surface area (Å²) in [4.78, 5) is 13.4. The van der Waals surface area contributed by atoms with E-state index in [0.29, 0.717) is 10.9 Å². The molecule has 0 unspecified atom stereocenters. The molecule has 0 bridgehead atoms. The number of thioether (sulfide) groups is 1. The largest absolute Gasteiger partial charge is 0.332 e. The molecule has 0 aliphatic rings. The molecule has 0 aliphatic heterocycles. The predicted octanol–water partition coefficient (Wildman–Crippen LogP) is 6.38. The van der Waals surface area contributed by atoms with Crippen LogP contribution < -0.4 is 16.0 Å². The van der Waals surface area contributed by atoms with Gasteiger partial charge in [-0.15, -0.1) is 11.8 Å². The zero-order valence-corrected chi connectivity index (χ0v) is 18.3. The van der Waals surface area contributed by atoms with Gasteiger partial charge in [-0.25, -0.2) is 0 Å². The van der Waals surface area contributed by atoms with Crippen molar-refractivity contribution < 1.29 is 4.79 Å². The number of hydrogen-bond acceptors (Lipinski definition) is 3. The summed E-state index contributed by atoms with van der Waals surface area (Å²) in [7, 11) is 0. The third-order valence-corrected chi connectivity index (χ3v) is 5.76. The van der Waals surface area contributed by atoms with Gasteiger partial charge >= 0.3 is 0 Å². The Morgan fingerprint density at radius 1 is 0.677 bits per heavy atom. The molecule has 31 heavy (non-hydrogen) atoms. The Bertz CT molecular complexity index is 1190. The van der Waals surface area contributed by atoms with Gasteiger partial charge in [0.15, 0.2) is 5.11 Å². The number of rotatable bonds is 6. The lowest BCUT2D eigenvalue weighted by atomic mass is 10.1. The zero-order chi connectivity index (χ0) is 21.5. The summed E-state index contributed by atoms with van der Waals surface area (Å²) in [5.74, 6) is 0.309. The Labute approximate surface area is 191 Å². The SMILES string of the molecule is O=C(CSc1ccc(NC(=S)Nc2ccccc2)cc1)Nc1ccc2ccccc2c1. The second-order valence-electron chi connectivity index (χ2n) is 6.87. The van der Waals surface area contributed by atoms with Crippen LogP contribution in [0.5, 0.6) is 0 Å². The van der Waals surface area contributed by atoms with Crippen molar-refractivity contribution >= 4 is 62.8 Å². The maximum absolute atomic E-state index is 12.3. The van der Waals surface area contributed by atoms with E-state index in [-0.39, 0.29) is 5.91 Å². The van der Waals surface area contributed by atoms with Gasteiger partial charge in [-0.05, 0) is 71.5 Å². The molecule has 1 amide bonds. The average Bonchev–Trinajstić information content (AvgIpc) is 2.79. The van der Waals surface area contributed by atoms with Gasteiger partial charge in [0.25, 0.3) is 0 Å². The van der Waals surface area contributed by atoms with Crippen LogP contribution in [0.1, 0.15) is 0 Å². The van der Waals surface area contributed by atoms with Crippen molar-refractivity contribution in [1.29, 1.82) is 0 Å². The number of carbonyl (C=O) groups excluding carboxylic acids is 1. The quantitative estimate of drug-likeness (QED) is 0.238. The minimum atomic E-state index is -0.0317. The summed E-state index contributed by atoms with van der Waals surface area (Å²) >= 11 is 6.84. The van der Waals surface area contributed by atoms with E-state index in [9.17, 15) is 4.79 Å². The molecule has 0 heterocycles. The van der Waals surface area contributed by atoms with Crippen LogP contribution in [0.15, 0.2) is 102 Å². The molecule has 0 radical (unpaired) electrons. The number of hydrogen-bond donors (Lipinski definition) is 3. The van der Waals surface area contributed by atoms with Crippen molar-refractivity contribution in [1.82, 2.24) is 0 Å². The number of para-hydroxylation sites is 1. The highest BCUT2D eigenvalue weighted by atomic mass is 32.2. The van der Waals surface area contributed by atoms with Crippen molar-refractivity contribution in [3.8, 4) is 0 Å². The summed E-state index contributed by atoms with van der Waals surface area (Å²) in [5.41, 5.74) is 2.63. The summed E-state index contributed by atoms with van der Waals surface area (Å²) in [6.45, 7) is 0. The summed E-state index contributed by atoms with van der Waals surface area (Å²) in [5, 5.41) is 12.1. The van der Waals surface area contributed by atoms with Crippen LogP contribution in [0.4, 0.5) is 17.1 Å². The third-order valence-electron chi connectivity index (χ3n) is 4.55. The molecule has 4 aromatic rings. The molecule has 4 rings (SSSR count). The number of benzene rings is 4. The Kier molecular flexibility index (Phi) is 6.82. The molecule has 0 spiro atoms. The van der Waals surface area contributed by atoms with E-state index in [1.54, 1.807) is 0 Å². The van der Waals surface area contributed by atoms with Crippen LogP contribution in [0, 0.1) is 0 Å². The molecule has 4 aromatic carbocycles. The van der Waals surface area contributed by atoms with Crippen molar-refractivity contribution in [3.05, 3.63) is 97.1 Å². The van der Waals surface area contributed by atoms with E-state index in [4.69, 9.17) is 12.2 Å². The maximum atomic E-state index is 12.3. The first-order valence-electron chi connectivity index (χ1n) is 9.80. The fourth-order valence-corrected chi connectivity index (χ4v) is 4.00. The number of anilines is 3. The lowest BCUT2D eigenvalue weighted by molar-refractivity contribution is -0.113. The first-order chi connectivity index (χ1) is 15.2. The molecule has 6 heteroatoms. The van der Waals surface area contributed by atoms with Crippen molar-refractivity contribution in [2.75, 3.05) is 21.7 Å². The Balaban J connectivity index is 1.26. The van der Waals surface area contributed by atoms with E-state index in [1.165, 1.54) is 11.8 Å². The first kappa shape index (κ1) is 20.9. The predicted molar refractivity (Wildman–Crippen MR) is 136 cm³/mol. The molecule has 154 valence electrons. The molecule has 0 aromatic heterocycles. The number of carbonyl (C=O) groups is 1. The topological polar surface area (TPSA) is 53.2 Å². The monoisotopic (exact) mass is 443 g/mol. The van der Waals surface area contributed by atoms with Crippen molar-refractivity contribution in [2.45, 2.75) is 4.90 Å². The minimum Gasteiger partial charge on any atom is -0.332 e. The summed E-state index contributed by atoms with van der Waals surface area (Å²) in [6.07, 6.45) is 0. The van der Waals surface area contributed by atoms with E-state index in [1.807, 2.05) is 91.0 Å². The molecule has 0 aliphatic carbocycles. The molecular weight excluding hydrogens is 422 g/mol. The van der Waals surface area contributed by atoms with Gasteiger partial charge in [-0.3, -0.25) is 4.79 Å². The van der Waals surface area contributed by atoms with Crippen LogP contribution in [-0.2, 0) is 4.79 Å². The van der Waals surface area contributed by atoms with Gasteiger partial charge in [-0.1, -0.05) is 48.5 Å². The summed E-state index contributed by atoms with van der Waals surface area (Å²) in [6, 6.07) is 31.6. The highest BCUT2D eigenvalue weighted by Gasteiger charge is 2.05. The maximum Gasteiger partial charge on any atom is 0.234 e. The Morgan fingerprint density at radius 3 is 2.03 bits per heavy atom. The zero-order valence-electron chi connectivity index (χ0n) is 16.7. The van der Waals surface area contributed by atoms with E-state index in [0.717, 1.165) is 32.7 Å². The molecule has 4 nitrogen and oxygen atoms in total. The fraction of sp³-hybridized carbons (Fsp3) is 0.0400. The average molecular weight is 444 g/mol. The lowest BCUT2D eigenvalue weighted by Crippen LogP contribution is -2.18. The van der Waals surface area contributed by atoms with Gasteiger partial charge in [0.1, 0.15) is 0 Å². The Hall–Kier alpha value is -3.35. The molecule has 0 atom stereocenters. The molecule has 0 saturated heterocycles. The van der Waals surface area contributed by atoms with Gasteiger partial charge in [0, 0.05) is 22.0 Å². The Morgan fingerprint density at radius 2 is 1.29 bits per heavy atom. The van der Waals surface area contributed by atoms with E-state index >= 15 is 0 Å². The number of fused-ring (bicyclic) bond motifs is 1. The van der Waals surface area contributed by atoms with Gasteiger partial charge in [-0.2, -0.15) is 0 Å². The van der Waals surface area contributed by atoms with Gasteiger partial charge < -0.3 is 16.0 Å². The highest BCUT2D eigenvalue weighted by molar-refractivity contribution is 8.00. The van der Waals surface area contributed by atoms with Crippen LogP contribution >= 0.6 is 24.0 Å². The van der Waals surface area contributed by atoms with Gasteiger partial charge in [0.05, 0.1) is 5.75 Å². The van der Waals surface area contributed by atoms with Gasteiger partial charge in [0.2, 0.25) is 5.91 Å². The van der Waals surface area contributed by atoms with E-state index < -0.39 is 0 Å². The minimum absolute atomic E-state index is 0.0317. The van der Waals surface area contributed by atoms with E-state index in [2.05, 4.69) is 22.0 Å². The normalized spacial score (nSPS) is 10.5. The fourth-order valence-electron chi connectivity index (χ4n) is 3.06. The van der Waals surface area contributed by atoms with Crippen molar-refractivity contribution in [2.24, 2.45) is 0 Å². The first-order valence-corrected chi connectivity index (χ1v) is 11.2. The second-order valence-corrected chi connectivity index (χ2v) is 8.33. The van der Waals surface area contributed by atoms with Crippen LogP contribution in [-0.4, -0.2) is 16.8 Å². The summed E-state index contributed by atoms with van der Waals surface area (Å²) < 4.78 is 0. The number of thiocarbonyl (C=S) groups is 1. The molecule has 0 saturated carbocycles. The van der Waals surface area contributed by atoms with Crippen LogP contribution in [0.25, 0.3) is 10.8 Å². The molecule has 0 fully saturated rings. The molecular formula is C25H21N3OS2. The lowest BCUT2D eigenvalue weighted by Gasteiger charge is -2.11. The smallest absolute Gasteiger partial charge is 0.234 e. The van der Waals surface area contributed by atoms with Crippen LogP contribution in [0.3, 0.4) is 0 Å². The highest BCUT2D eigenvalue weighted by Crippen LogP contribution is 2.22. The molecule has 3 N–H and O–H groups in total. The third kappa shape index (κ3) is 6.07.